The maximum absolute atomic E-state index is 13.6. The zero-order chi connectivity index (χ0) is 29.2. The van der Waals surface area contributed by atoms with Crippen molar-refractivity contribution in [1.82, 2.24) is 20.9 Å². The van der Waals surface area contributed by atoms with E-state index in [1.165, 1.54) is 4.90 Å². The van der Waals surface area contributed by atoms with E-state index in [0.717, 1.165) is 37.7 Å². The van der Waals surface area contributed by atoms with Crippen molar-refractivity contribution < 1.29 is 29.3 Å². The standard InChI is InChI=1S/C27H38N8O6/c1-25(2)10-11-40-19-15(8-5-9-16(19)25)21(36)32-18-13-35-23(29)31-17(12-30-24(37)41-14-6-3-4-7-14)20-26(35,27(18,38)39)34-22(28)33-20/h5,8-9,14,17-18,20,38-39H,3-4,6-7,10-13H2,1-2H3,(H2,29,31)(H,30,37)(H,32,36)(H3,28,33,34)/t17-,18?,20-,26-/m0/s1. The fraction of sp³-hybridized carbons (Fsp3) is 0.630. The molecule has 14 nitrogen and oxygen atoms in total. The van der Waals surface area contributed by atoms with Crippen LogP contribution in [0.5, 0.6) is 5.75 Å². The maximum atomic E-state index is 13.6. The van der Waals surface area contributed by atoms with Gasteiger partial charge in [0.15, 0.2) is 17.6 Å². The largest absolute Gasteiger partial charge is 0.492 e. The summed E-state index contributed by atoms with van der Waals surface area (Å²) in [4.78, 5) is 36.4. The summed E-state index contributed by atoms with van der Waals surface area (Å²) in [7, 11) is 0. The molecule has 4 heterocycles. The Kier molecular flexibility index (Phi) is 6.45. The molecule has 6 rings (SSSR count). The Labute approximate surface area is 237 Å². The second-order valence-corrected chi connectivity index (χ2v) is 12.1. The normalized spacial score (nSPS) is 31.0. The van der Waals surface area contributed by atoms with Gasteiger partial charge in [-0.25, -0.2) is 14.8 Å². The number of hydrogen-bond acceptors (Lipinski definition) is 12. The van der Waals surface area contributed by atoms with Gasteiger partial charge in [-0.2, -0.15) is 0 Å². The maximum Gasteiger partial charge on any atom is 0.407 e. The first-order chi connectivity index (χ1) is 19.4. The highest BCUT2D eigenvalue weighted by molar-refractivity contribution is 5.98. The first-order valence-electron chi connectivity index (χ1n) is 14.1. The summed E-state index contributed by atoms with van der Waals surface area (Å²) < 4.78 is 11.4. The number of hydrogen-bond donors (Lipinski definition) is 7. The van der Waals surface area contributed by atoms with Gasteiger partial charge < -0.3 is 52.0 Å². The Balaban J connectivity index is 1.23. The van der Waals surface area contributed by atoms with E-state index in [1.807, 2.05) is 6.07 Å². The van der Waals surface area contributed by atoms with E-state index in [0.29, 0.717) is 17.9 Å². The van der Waals surface area contributed by atoms with Gasteiger partial charge >= 0.3 is 6.09 Å². The van der Waals surface area contributed by atoms with E-state index in [2.05, 4.69) is 39.8 Å². The topological polar surface area (TPSA) is 209 Å². The molecule has 1 aromatic rings. The molecular formula is C27H38N8O6. The molecule has 4 atom stereocenters. The lowest BCUT2D eigenvalue weighted by Gasteiger charge is -2.49. The van der Waals surface area contributed by atoms with Crippen molar-refractivity contribution in [2.75, 3.05) is 19.7 Å². The van der Waals surface area contributed by atoms with Crippen LogP contribution in [0, 0.1) is 0 Å². The monoisotopic (exact) mass is 570 g/mol. The molecule has 0 bridgehead atoms. The van der Waals surface area contributed by atoms with Crippen LogP contribution in [-0.2, 0) is 10.2 Å². The number of nitrogens with zero attached hydrogens (tertiary/aromatic N) is 3. The molecule has 222 valence electrons. The van der Waals surface area contributed by atoms with Crippen molar-refractivity contribution in [3.63, 3.8) is 0 Å². The molecule has 2 amide bonds. The van der Waals surface area contributed by atoms with E-state index >= 15 is 0 Å². The van der Waals surface area contributed by atoms with Gasteiger partial charge in [0, 0.05) is 18.7 Å². The number of rotatable bonds is 5. The quantitative estimate of drug-likeness (QED) is 0.219. The number of nitrogens with one attached hydrogen (secondary N) is 3. The summed E-state index contributed by atoms with van der Waals surface area (Å²) in [6, 6.07) is 2.41. The number of ether oxygens (including phenoxy) is 2. The number of nitrogens with two attached hydrogens (primary N) is 2. The Morgan fingerprint density at radius 2 is 1.98 bits per heavy atom. The number of amides is 2. The van der Waals surface area contributed by atoms with E-state index in [1.54, 1.807) is 12.1 Å². The Morgan fingerprint density at radius 1 is 1.22 bits per heavy atom. The molecule has 1 aromatic carbocycles. The van der Waals surface area contributed by atoms with Gasteiger partial charge in [-0.05, 0) is 43.6 Å². The average Bonchev–Trinajstić information content (AvgIpc) is 3.60. The van der Waals surface area contributed by atoms with Crippen LogP contribution in [0.4, 0.5) is 4.79 Å². The molecular weight excluding hydrogens is 532 g/mol. The summed E-state index contributed by atoms with van der Waals surface area (Å²) in [5.74, 6) is -2.70. The summed E-state index contributed by atoms with van der Waals surface area (Å²) in [6.45, 7) is 4.53. The lowest BCUT2D eigenvalue weighted by Crippen LogP contribution is -2.78. The van der Waals surface area contributed by atoms with Crippen LogP contribution in [0.2, 0.25) is 0 Å². The zero-order valence-electron chi connectivity index (χ0n) is 23.2. The number of carbonyl (C=O) groups is 2. The molecule has 1 unspecified atom stereocenters. The number of fused-ring (bicyclic) bond motifs is 1. The Bertz CT molecular complexity index is 1310. The van der Waals surface area contributed by atoms with Gasteiger partial charge in [0.25, 0.3) is 5.91 Å². The molecule has 14 heteroatoms. The van der Waals surface area contributed by atoms with Crippen molar-refractivity contribution in [3.8, 4) is 5.75 Å². The van der Waals surface area contributed by atoms with Crippen molar-refractivity contribution in [1.29, 1.82) is 0 Å². The van der Waals surface area contributed by atoms with E-state index in [9.17, 15) is 19.8 Å². The molecule has 41 heavy (non-hydrogen) atoms. The molecule has 0 aromatic heterocycles. The van der Waals surface area contributed by atoms with E-state index in [4.69, 9.17) is 20.9 Å². The molecule has 1 saturated heterocycles. The van der Waals surface area contributed by atoms with Crippen LogP contribution in [0.3, 0.4) is 0 Å². The summed E-state index contributed by atoms with van der Waals surface area (Å²) in [6.07, 6.45) is 3.80. The smallest absolute Gasteiger partial charge is 0.407 e. The number of aliphatic hydroxyl groups is 2. The molecule has 1 saturated carbocycles. The predicted octanol–water partition coefficient (Wildman–Crippen LogP) is -0.810. The molecule has 0 radical (unpaired) electrons. The zero-order valence-corrected chi connectivity index (χ0v) is 23.2. The fourth-order valence-corrected chi connectivity index (χ4v) is 6.82. The van der Waals surface area contributed by atoms with Crippen LogP contribution in [0.15, 0.2) is 28.2 Å². The third kappa shape index (κ3) is 4.31. The number of carbonyl (C=O) groups excluding carboxylic acids is 2. The van der Waals surface area contributed by atoms with Gasteiger partial charge in [0.2, 0.25) is 5.79 Å². The lowest BCUT2D eigenvalue weighted by atomic mass is 9.79. The summed E-state index contributed by atoms with van der Waals surface area (Å²) in [5.41, 5.74) is 11.7. The first-order valence-corrected chi connectivity index (χ1v) is 14.1. The summed E-state index contributed by atoms with van der Waals surface area (Å²) in [5, 5.41) is 31.8. The van der Waals surface area contributed by atoms with Crippen LogP contribution < -0.4 is 32.2 Å². The minimum absolute atomic E-state index is 0.0130. The van der Waals surface area contributed by atoms with Gasteiger partial charge in [0.1, 0.15) is 23.9 Å². The SMILES string of the molecule is CC1(C)CCOc2c(C(=O)NC3CN4C(N)=N[C@@H](CNC(=O)OC5CCCC5)[C@@H]5N=C(N)N[C@@]54C3(O)O)cccc21. The highest BCUT2D eigenvalue weighted by Crippen LogP contribution is 2.45. The molecule has 1 spiro atoms. The van der Waals surface area contributed by atoms with Crippen molar-refractivity contribution >= 4 is 23.9 Å². The minimum Gasteiger partial charge on any atom is -0.492 e. The highest BCUT2D eigenvalue weighted by atomic mass is 16.6. The van der Waals surface area contributed by atoms with Crippen LogP contribution in [0.25, 0.3) is 0 Å². The van der Waals surface area contributed by atoms with Crippen LogP contribution in [-0.4, -0.2) is 94.4 Å². The lowest BCUT2D eigenvalue weighted by molar-refractivity contribution is -0.230. The third-order valence-corrected chi connectivity index (χ3v) is 9.10. The van der Waals surface area contributed by atoms with Gasteiger partial charge in [0.05, 0.1) is 18.2 Å². The van der Waals surface area contributed by atoms with Crippen molar-refractivity contribution in [2.45, 2.75) is 87.0 Å². The molecule has 4 aliphatic heterocycles. The van der Waals surface area contributed by atoms with Crippen molar-refractivity contribution in [2.24, 2.45) is 21.5 Å². The number of alkyl carbamates (subject to hydrolysis) is 1. The van der Waals surface area contributed by atoms with Crippen molar-refractivity contribution in [3.05, 3.63) is 29.3 Å². The van der Waals surface area contributed by atoms with E-state index < -0.39 is 41.6 Å². The first kappa shape index (κ1) is 27.4. The highest BCUT2D eigenvalue weighted by Gasteiger charge is 2.73. The second kappa shape index (κ2) is 9.65. The number of guanidine groups is 2. The van der Waals surface area contributed by atoms with Gasteiger partial charge in [-0.3, -0.25) is 4.79 Å². The predicted molar refractivity (Wildman–Crippen MR) is 148 cm³/mol. The Hall–Kier alpha value is -3.78. The fourth-order valence-electron chi connectivity index (χ4n) is 6.82. The average molecular weight is 571 g/mol. The molecule has 1 aliphatic carbocycles. The van der Waals surface area contributed by atoms with Crippen LogP contribution in [0.1, 0.15) is 61.9 Å². The van der Waals surface area contributed by atoms with E-state index in [-0.39, 0.29) is 36.5 Å². The second-order valence-electron chi connectivity index (χ2n) is 12.1. The number of para-hydroxylation sites is 1. The van der Waals surface area contributed by atoms with Gasteiger partial charge in [-0.1, -0.05) is 26.0 Å². The molecule has 5 aliphatic rings. The number of benzene rings is 1. The third-order valence-electron chi connectivity index (χ3n) is 9.10. The Morgan fingerprint density at radius 3 is 2.73 bits per heavy atom. The minimum atomic E-state index is -2.60. The number of aliphatic imine (C=N–C) groups is 2. The molecule has 9 N–H and O–H groups in total. The van der Waals surface area contributed by atoms with Crippen LogP contribution >= 0.6 is 0 Å². The summed E-state index contributed by atoms with van der Waals surface area (Å²) >= 11 is 0. The molecule has 2 fully saturated rings. The van der Waals surface area contributed by atoms with Gasteiger partial charge in [-0.15, -0.1) is 0 Å².